The van der Waals surface area contributed by atoms with E-state index in [4.69, 9.17) is 9.47 Å². The van der Waals surface area contributed by atoms with Gasteiger partial charge in [0.2, 0.25) is 5.91 Å². The molecular weight excluding hydrogens is 404 g/mol. The summed E-state index contributed by atoms with van der Waals surface area (Å²) in [5.74, 6) is 0.671. The van der Waals surface area contributed by atoms with Gasteiger partial charge in [-0.15, -0.1) is 22.7 Å². The van der Waals surface area contributed by atoms with Gasteiger partial charge in [0.25, 0.3) is 0 Å². The number of aromatic nitrogens is 1. The van der Waals surface area contributed by atoms with Crippen LogP contribution in [0.3, 0.4) is 0 Å². The number of hydrogen-bond donors (Lipinski definition) is 0. The molecule has 0 saturated carbocycles. The Balaban J connectivity index is 1.67. The Morgan fingerprint density at radius 1 is 1.21 bits per heavy atom. The van der Waals surface area contributed by atoms with Crippen molar-refractivity contribution in [3.05, 3.63) is 74.4 Å². The molecule has 2 heterocycles. The third-order valence-electron chi connectivity index (χ3n) is 4.17. The summed E-state index contributed by atoms with van der Waals surface area (Å²) in [6.45, 7) is 3.99. The fraction of sp³-hybridized carbons (Fsp3) is 0.273. The van der Waals surface area contributed by atoms with Crippen molar-refractivity contribution in [2.75, 3.05) is 20.3 Å². The van der Waals surface area contributed by atoms with E-state index < -0.39 is 0 Å². The van der Waals surface area contributed by atoms with Crippen molar-refractivity contribution in [3.8, 4) is 5.75 Å². The zero-order valence-corrected chi connectivity index (χ0v) is 18.2. The highest BCUT2D eigenvalue weighted by Gasteiger charge is 2.12. The Bertz CT molecular complexity index is 935. The minimum atomic E-state index is -0.0552. The number of para-hydroxylation sites is 1. The average molecular weight is 429 g/mol. The molecule has 0 radical (unpaired) electrons. The summed E-state index contributed by atoms with van der Waals surface area (Å²) in [7, 11) is 1.64. The molecule has 0 aliphatic heterocycles. The van der Waals surface area contributed by atoms with Crippen LogP contribution in [-0.4, -0.2) is 36.1 Å². The number of methoxy groups -OCH3 is 1. The maximum absolute atomic E-state index is 12.8. The first kappa shape index (κ1) is 21.2. The molecule has 0 spiro atoms. The van der Waals surface area contributed by atoms with Gasteiger partial charge in [0.05, 0.1) is 23.9 Å². The second-order valence-corrected chi connectivity index (χ2v) is 8.44. The van der Waals surface area contributed by atoms with Gasteiger partial charge in [0.1, 0.15) is 12.4 Å². The Kier molecular flexibility index (Phi) is 7.98. The number of carbonyl (C=O) groups excluding carboxylic acids is 1. The number of aryl methyl sites for hydroxylation is 1. The van der Waals surface area contributed by atoms with Gasteiger partial charge in [-0.1, -0.05) is 24.3 Å². The normalized spacial score (nSPS) is 11.1. The molecule has 0 saturated heterocycles. The van der Waals surface area contributed by atoms with Crippen molar-refractivity contribution < 1.29 is 14.3 Å². The summed E-state index contributed by atoms with van der Waals surface area (Å²) < 4.78 is 11.1. The number of rotatable bonds is 10. The van der Waals surface area contributed by atoms with Gasteiger partial charge in [-0.3, -0.25) is 4.79 Å². The summed E-state index contributed by atoms with van der Waals surface area (Å²) in [6.07, 6.45) is 3.40. The second-order valence-electron chi connectivity index (χ2n) is 6.35. The quantitative estimate of drug-likeness (QED) is 0.436. The number of carbonyl (C=O) groups is 1. The summed E-state index contributed by atoms with van der Waals surface area (Å²) >= 11 is 3.25. The maximum atomic E-state index is 12.8. The molecule has 5 nitrogen and oxygen atoms in total. The van der Waals surface area contributed by atoms with Gasteiger partial charge in [-0.2, -0.15) is 0 Å². The lowest BCUT2D eigenvalue weighted by atomic mass is 10.2. The van der Waals surface area contributed by atoms with Crippen LogP contribution < -0.4 is 4.74 Å². The molecule has 0 N–H and O–H groups in total. The second kappa shape index (κ2) is 10.9. The molecular formula is C22H24N2O3S2. The van der Waals surface area contributed by atoms with Gasteiger partial charge in [0, 0.05) is 35.6 Å². The fourth-order valence-electron chi connectivity index (χ4n) is 2.70. The van der Waals surface area contributed by atoms with Crippen LogP contribution in [0.25, 0.3) is 6.08 Å². The van der Waals surface area contributed by atoms with E-state index in [1.54, 1.807) is 46.8 Å². The minimum Gasteiger partial charge on any atom is -0.487 e. The van der Waals surface area contributed by atoms with Crippen LogP contribution >= 0.6 is 22.7 Å². The lowest BCUT2D eigenvalue weighted by molar-refractivity contribution is -0.127. The van der Waals surface area contributed by atoms with Crippen molar-refractivity contribution in [3.63, 3.8) is 0 Å². The highest BCUT2D eigenvalue weighted by Crippen LogP contribution is 2.21. The molecule has 0 aliphatic rings. The average Bonchev–Trinajstić information content (AvgIpc) is 3.39. The first-order chi connectivity index (χ1) is 14.2. The standard InChI is InChI=1S/C22H24N2O3S2/c1-17-23-19(16-29-17)15-27-21-8-4-3-6-18(21)9-10-22(25)24(11-12-26-2)14-20-7-5-13-28-20/h3-10,13,16H,11-12,14-15H2,1-2H3/b10-9+. The van der Waals surface area contributed by atoms with E-state index in [0.717, 1.165) is 26.9 Å². The molecule has 3 aromatic rings. The molecule has 29 heavy (non-hydrogen) atoms. The first-order valence-electron chi connectivity index (χ1n) is 9.27. The molecule has 0 bridgehead atoms. The summed E-state index contributed by atoms with van der Waals surface area (Å²) in [6, 6.07) is 11.7. The molecule has 2 aromatic heterocycles. The zero-order chi connectivity index (χ0) is 20.5. The molecule has 152 valence electrons. The number of nitrogens with zero attached hydrogens (tertiary/aromatic N) is 2. The smallest absolute Gasteiger partial charge is 0.246 e. The Hall–Kier alpha value is -2.48. The molecule has 3 rings (SSSR count). The lowest BCUT2D eigenvalue weighted by Gasteiger charge is -2.20. The molecule has 1 aromatic carbocycles. The van der Waals surface area contributed by atoms with E-state index in [9.17, 15) is 4.79 Å². The van der Waals surface area contributed by atoms with Crippen molar-refractivity contribution in [2.45, 2.75) is 20.1 Å². The Morgan fingerprint density at radius 3 is 2.79 bits per heavy atom. The van der Waals surface area contributed by atoms with E-state index in [2.05, 4.69) is 4.98 Å². The van der Waals surface area contributed by atoms with Crippen LogP contribution in [-0.2, 0) is 22.7 Å². The topological polar surface area (TPSA) is 51.7 Å². The monoisotopic (exact) mass is 428 g/mol. The number of thiazole rings is 1. The van der Waals surface area contributed by atoms with Gasteiger partial charge < -0.3 is 14.4 Å². The molecule has 0 fully saturated rings. The van der Waals surface area contributed by atoms with Gasteiger partial charge in [-0.05, 0) is 30.5 Å². The van der Waals surface area contributed by atoms with Crippen LogP contribution in [0, 0.1) is 6.92 Å². The van der Waals surface area contributed by atoms with Crippen molar-refractivity contribution in [1.82, 2.24) is 9.88 Å². The number of benzene rings is 1. The van der Waals surface area contributed by atoms with E-state index in [-0.39, 0.29) is 5.91 Å². The van der Waals surface area contributed by atoms with E-state index >= 15 is 0 Å². The van der Waals surface area contributed by atoms with Crippen molar-refractivity contribution >= 4 is 34.7 Å². The summed E-state index contributed by atoms with van der Waals surface area (Å²) in [5, 5.41) is 5.03. The van der Waals surface area contributed by atoms with Gasteiger partial charge in [-0.25, -0.2) is 4.98 Å². The highest BCUT2D eigenvalue weighted by atomic mass is 32.1. The molecule has 0 unspecified atom stereocenters. The van der Waals surface area contributed by atoms with Crippen LogP contribution in [0.4, 0.5) is 0 Å². The first-order valence-corrected chi connectivity index (χ1v) is 11.0. The van der Waals surface area contributed by atoms with E-state index in [1.165, 1.54) is 0 Å². The largest absolute Gasteiger partial charge is 0.487 e. The Morgan fingerprint density at radius 2 is 2.07 bits per heavy atom. The number of ether oxygens (including phenoxy) is 2. The lowest BCUT2D eigenvalue weighted by Crippen LogP contribution is -2.31. The van der Waals surface area contributed by atoms with Crippen LogP contribution in [0.1, 0.15) is 21.1 Å². The predicted molar refractivity (Wildman–Crippen MR) is 118 cm³/mol. The SMILES string of the molecule is COCCN(Cc1cccs1)C(=O)/C=C/c1ccccc1OCc1csc(C)n1. The van der Waals surface area contributed by atoms with Crippen LogP contribution in [0.15, 0.2) is 53.2 Å². The fourth-order valence-corrected chi connectivity index (χ4v) is 4.02. The zero-order valence-electron chi connectivity index (χ0n) is 16.5. The van der Waals surface area contributed by atoms with Crippen molar-refractivity contribution in [1.29, 1.82) is 0 Å². The summed E-state index contributed by atoms with van der Waals surface area (Å²) in [5.41, 5.74) is 1.76. The van der Waals surface area contributed by atoms with E-state index in [1.807, 2.05) is 54.1 Å². The Labute approximate surface area is 179 Å². The van der Waals surface area contributed by atoms with Crippen molar-refractivity contribution in [2.24, 2.45) is 0 Å². The highest BCUT2D eigenvalue weighted by molar-refractivity contribution is 7.10. The van der Waals surface area contributed by atoms with Crippen LogP contribution in [0.5, 0.6) is 5.75 Å². The van der Waals surface area contributed by atoms with E-state index in [0.29, 0.717) is 26.3 Å². The predicted octanol–water partition coefficient (Wildman–Crippen LogP) is 4.78. The molecule has 0 aliphatic carbocycles. The third kappa shape index (κ3) is 6.52. The molecule has 1 amide bonds. The summed E-state index contributed by atoms with van der Waals surface area (Å²) in [4.78, 5) is 20.1. The molecule has 7 heteroatoms. The third-order valence-corrected chi connectivity index (χ3v) is 5.85. The maximum Gasteiger partial charge on any atom is 0.246 e. The minimum absolute atomic E-state index is 0.0552. The molecule has 0 atom stereocenters. The van der Waals surface area contributed by atoms with Gasteiger partial charge in [0.15, 0.2) is 0 Å². The van der Waals surface area contributed by atoms with Gasteiger partial charge >= 0.3 is 0 Å². The number of thiophene rings is 1. The number of amides is 1. The van der Waals surface area contributed by atoms with Crippen LogP contribution in [0.2, 0.25) is 0 Å². The number of hydrogen-bond acceptors (Lipinski definition) is 6.